The van der Waals surface area contributed by atoms with Crippen molar-refractivity contribution < 1.29 is 14.2 Å². The van der Waals surface area contributed by atoms with E-state index in [1.54, 1.807) is 16.8 Å². The second kappa shape index (κ2) is 8.54. The first-order chi connectivity index (χ1) is 14.5. The van der Waals surface area contributed by atoms with Gasteiger partial charge in [-0.15, -0.1) is 0 Å². The van der Waals surface area contributed by atoms with Gasteiger partial charge in [0, 0.05) is 6.61 Å². The van der Waals surface area contributed by atoms with E-state index in [4.69, 9.17) is 4.74 Å². The molecule has 0 amide bonds. The Balaban J connectivity index is 1.67. The minimum atomic E-state index is -0.276. The molecule has 2 aromatic carbocycles. The fraction of sp³-hybridized carbons (Fsp3) is 0.320. The number of aliphatic hydroxyl groups is 1. The third kappa shape index (κ3) is 3.95. The summed E-state index contributed by atoms with van der Waals surface area (Å²) in [5, 5.41) is 14.8. The normalized spacial score (nSPS) is 19.3. The molecule has 1 aliphatic carbocycles. The largest absolute Gasteiger partial charge is 0.392 e. The van der Waals surface area contributed by atoms with Crippen LogP contribution < -0.4 is 0 Å². The number of nitrogens with zero attached hydrogens (tertiary/aromatic N) is 2. The molecule has 1 heterocycles. The van der Waals surface area contributed by atoms with E-state index in [9.17, 15) is 9.50 Å². The molecule has 0 bridgehead atoms. The molecular formula is C25H27FN2O2. The first kappa shape index (κ1) is 20.5. The van der Waals surface area contributed by atoms with Crippen LogP contribution in [0.5, 0.6) is 0 Å². The summed E-state index contributed by atoms with van der Waals surface area (Å²) in [6.45, 7) is 4.79. The lowest BCUT2D eigenvalue weighted by atomic mass is 9.69. The number of hydrogen-bond acceptors (Lipinski definition) is 3. The van der Waals surface area contributed by atoms with Crippen LogP contribution in [-0.2, 0) is 11.2 Å². The summed E-state index contributed by atoms with van der Waals surface area (Å²) in [5.41, 5.74) is 4.70. The van der Waals surface area contributed by atoms with Gasteiger partial charge in [0.2, 0.25) is 0 Å². The quantitative estimate of drug-likeness (QED) is 0.593. The van der Waals surface area contributed by atoms with E-state index in [0.29, 0.717) is 6.61 Å². The Morgan fingerprint density at radius 1 is 1.17 bits per heavy atom. The fourth-order valence-corrected chi connectivity index (χ4v) is 4.33. The van der Waals surface area contributed by atoms with E-state index < -0.39 is 0 Å². The molecule has 4 nitrogen and oxygen atoms in total. The van der Waals surface area contributed by atoms with Crippen molar-refractivity contribution in [3.63, 3.8) is 0 Å². The second-order valence-corrected chi connectivity index (χ2v) is 8.07. The van der Waals surface area contributed by atoms with Crippen LogP contribution in [0.1, 0.15) is 43.2 Å². The summed E-state index contributed by atoms with van der Waals surface area (Å²) >= 11 is 0. The van der Waals surface area contributed by atoms with Crippen molar-refractivity contribution in [3.8, 4) is 5.69 Å². The highest BCUT2D eigenvalue weighted by molar-refractivity contribution is 5.61. The molecule has 30 heavy (non-hydrogen) atoms. The van der Waals surface area contributed by atoms with Crippen molar-refractivity contribution in [2.24, 2.45) is 5.41 Å². The number of ether oxygens (including phenoxy) is 1. The Bertz CT molecular complexity index is 1030. The number of benzene rings is 2. The van der Waals surface area contributed by atoms with E-state index >= 15 is 0 Å². The zero-order chi connectivity index (χ0) is 21.1. The van der Waals surface area contributed by atoms with Gasteiger partial charge in [-0.3, -0.25) is 0 Å². The molecular weight excluding hydrogens is 379 g/mol. The maximum atomic E-state index is 13.3. The molecule has 4 rings (SSSR count). The molecule has 0 aliphatic heterocycles. The lowest BCUT2D eigenvalue weighted by Crippen LogP contribution is -2.30. The number of fused-ring (bicyclic) bond motifs is 1. The average Bonchev–Trinajstić information content (AvgIpc) is 3.16. The fourth-order valence-electron chi connectivity index (χ4n) is 4.33. The Labute approximate surface area is 176 Å². The Hall–Kier alpha value is -2.76. The van der Waals surface area contributed by atoms with Crippen LogP contribution in [0.4, 0.5) is 4.39 Å². The standard InChI is InChI=1S/C25H27FN2O2/c1-3-30-24(18-7-5-4-6-8-18)15-25(2)14-19-16-27-28(23(19)13-20(25)17-29)22-11-9-21(26)10-12-22/h4-13,16,24,29H,3,14-15,17H2,1-2H3/t24?,25-/m1/s1. The molecule has 0 saturated heterocycles. The third-order valence-corrected chi connectivity index (χ3v) is 5.97. The van der Waals surface area contributed by atoms with Gasteiger partial charge < -0.3 is 9.84 Å². The van der Waals surface area contributed by atoms with Crippen LogP contribution in [0.15, 0.2) is 66.4 Å². The van der Waals surface area contributed by atoms with Crippen LogP contribution in [0.25, 0.3) is 11.8 Å². The molecule has 0 radical (unpaired) electrons. The summed E-state index contributed by atoms with van der Waals surface area (Å²) in [6.07, 6.45) is 5.37. The Kier molecular flexibility index (Phi) is 5.84. The molecule has 1 N–H and O–H groups in total. The predicted octanol–water partition coefficient (Wildman–Crippen LogP) is 5.12. The number of aliphatic hydroxyl groups excluding tert-OH is 1. The van der Waals surface area contributed by atoms with Gasteiger partial charge in [0.15, 0.2) is 0 Å². The van der Waals surface area contributed by atoms with Crippen molar-refractivity contribution in [1.29, 1.82) is 0 Å². The lowest BCUT2D eigenvalue weighted by molar-refractivity contribution is 0.0304. The summed E-state index contributed by atoms with van der Waals surface area (Å²) < 4.78 is 21.2. The highest BCUT2D eigenvalue weighted by Gasteiger charge is 2.37. The SMILES string of the molecule is CCOC(C[C@@]1(C)Cc2cnn(-c3ccc(F)cc3)c2C=C1CO)c1ccccc1. The van der Waals surface area contributed by atoms with Gasteiger partial charge in [0.25, 0.3) is 0 Å². The average molecular weight is 407 g/mol. The molecule has 3 aromatic rings. The van der Waals surface area contributed by atoms with Crippen LogP contribution in [0.2, 0.25) is 0 Å². The summed E-state index contributed by atoms with van der Waals surface area (Å²) in [4.78, 5) is 0. The first-order valence-corrected chi connectivity index (χ1v) is 10.4. The summed E-state index contributed by atoms with van der Waals surface area (Å²) in [5.74, 6) is -0.276. The van der Waals surface area contributed by atoms with Crippen LogP contribution >= 0.6 is 0 Å². The van der Waals surface area contributed by atoms with Crippen molar-refractivity contribution in [2.45, 2.75) is 32.8 Å². The Morgan fingerprint density at radius 3 is 2.57 bits per heavy atom. The van der Waals surface area contributed by atoms with Gasteiger partial charge in [-0.25, -0.2) is 9.07 Å². The zero-order valence-electron chi connectivity index (χ0n) is 17.4. The highest BCUT2D eigenvalue weighted by Crippen LogP contribution is 2.45. The van der Waals surface area contributed by atoms with Gasteiger partial charge in [0.05, 0.1) is 30.3 Å². The highest BCUT2D eigenvalue weighted by atomic mass is 19.1. The topological polar surface area (TPSA) is 47.3 Å². The maximum absolute atomic E-state index is 13.3. The molecule has 5 heteroatoms. The lowest BCUT2D eigenvalue weighted by Gasteiger charge is -2.37. The van der Waals surface area contributed by atoms with Gasteiger partial charge in [-0.2, -0.15) is 5.10 Å². The number of hydrogen-bond donors (Lipinski definition) is 1. The smallest absolute Gasteiger partial charge is 0.123 e. The number of halogens is 1. The minimum Gasteiger partial charge on any atom is -0.392 e. The van der Waals surface area contributed by atoms with Crippen LogP contribution in [-0.4, -0.2) is 28.1 Å². The molecule has 0 spiro atoms. The molecule has 2 atom stereocenters. The second-order valence-electron chi connectivity index (χ2n) is 8.07. The third-order valence-electron chi connectivity index (χ3n) is 5.97. The van der Waals surface area contributed by atoms with E-state index in [-0.39, 0.29) is 23.9 Å². The van der Waals surface area contributed by atoms with Crippen molar-refractivity contribution in [3.05, 3.63) is 89.0 Å². The van der Waals surface area contributed by atoms with Gasteiger partial charge >= 0.3 is 0 Å². The zero-order valence-corrected chi connectivity index (χ0v) is 17.4. The van der Waals surface area contributed by atoms with Gasteiger partial charge in [0.1, 0.15) is 5.82 Å². The van der Waals surface area contributed by atoms with Crippen LogP contribution in [0, 0.1) is 11.2 Å². The van der Waals surface area contributed by atoms with Crippen molar-refractivity contribution in [2.75, 3.05) is 13.2 Å². The monoisotopic (exact) mass is 406 g/mol. The molecule has 0 saturated carbocycles. The van der Waals surface area contributed by atoms with E-state index in [2.05, 4.69) is 24.2 Å². The van der Waals surface area contributed by atoms with E-state index in [1.807, 2.05) is 37.4 Å². The maximum Gasteiger partial charge on any atom is 0.123 e. The summed E-state index contributed by atoms with van der Waals surface area (Å²) in [7, 11) is 0. The number of rotatable bonds is 7. The predicted molar refractivity (Wildman–Crippen MR) is 116 cm³/mol. The van der Waals surface area contributed by atoms with Crippen molar-refractivity contribution in [1.82, 2.24) is 9.78 Å². The molecule has 1 aromatic heterocycles. The van der Waals surface area contributed by atoms with Crippen molar-refractivity contribution >= 4 is 6.08 Å². The van der Waals surface area contributed by atoms with E-state index in [1.165, 1.54) is 12.1 Å². The Morgan fingerprint density at radius 2 is 1.90 bits per heavy atom. The molecule has 0 fully saturated rings. The molecule has 1 unspecified atom stereocenters. The van der Waals surface area contributed by atoms with E-state index in [0.717, 1.165) is 40.9 Å². The molecule has 156 valence electrons. The summed E-state index contributed by atoms with van der Waals surface area (Å²) in [6, 6.07) is 16.5. The molecule has 1 aliphatic rings. The first-order valence-electron chi connectivity index (χ1n) is 10.4. The van der Waals surface area contributed by atoms with Gasteiger partial charge in [-0.05, 0) is 72.2 Å². The minimum absolute atomic E-state index is 0.0296. The van der Waals surface area contributed by atoms with Crippen LogP contribution in [0.3, 0.4) is 0 Å². The van der Waals surface area contributed by atoms with Gasteiger partial charge in [-0.1, -0.05) is 37.3 Å². The number of aromatic nitrogens is 2.